The fourth-order valence-corrected chi connectivity index (χ4v) is 7.62. The maximum Gasteiger partial charge on any atom is 0.130 e. The number of rotatable bonds is 7. The molecule has 6 rings (SSSR count). The highest BCUT2D eigenvalue weighted by atomic mass is 32.2. The molecule has 0 saturated carbocycles. The second kappa shape index (κ2) is 10.7. The minimum atomic E-state index is 0.179. The van der Waals surface area contributed by atoms with Crippen LogP contribution in [-0.2, 0) is 4.74 Å². The number of aromatic nitrogens is 2. The van der Waals surface area contributed by atoms with Gasteiger partial charge < -0.3 is 24.8 Å². The van der Waals surface area contributed by atoms with Crippen LogP contribution < -0.4 is 15.1 Å². The molecule has 4 fully saturated rings. The van der Waals surface area contributed by atoms with Crippen molar-refractivity contribution >= 4 is 35.9 Å². The molecule has 9 heteroatoms. The van der Waals surface area contributed by atoms with E-state index in [1.807, 2.05) is 18.0 Å². The number of morpholine rings is 1. The molecule has 4 saturated heterocycles. The summed E-state index contributed by atoms with van der Waals surface area (Å²) in [6, 6.07) is 12.1. The highest BCUT2D eigenvalue weighted by Crippen LogP contribution is 2.35. The van der Waals surface area contributed by atoms with E-state index in [0.717, 1.165) is 66.7 Å². The molecule has 7 nitrogen and oxygen atoms in total. The SMILES string of the molecule is CC(CS)c1ccc(N2CCOC3C(CSc4cccc(N5CCC6CN(C)C[C@@H]65)n4)NCC32)cn1. The summed E-state index contributed by atoms with van der Waals surface area (Å²) in [7, 11) is 2.24. The van der Waals surface area contributed by atoms with Crippen molar-refractivity contribution in [1.82, 2.24) is 20.2 Å². The molecule has 0 radical (unpaired) electrons. The number of likely N-dealkylation sites (tertiary alicyclic amines) is 1. The number of hydrogen-bond acceptors (Lipinski definition) is 9. The molecule has 6 heterocycles. The van der Waals surface area contributed by atoms with Crippen molar-refractivity contribution in [2.45, 2.75) is 48.5 Å². The molecule has 36 heavy (non-hydrogen) atoms. The molecule has 2 aromatic rings. The molecular formula is C27H38N6OS2. The van der Waals surface area contributed by atoms with Gasteiger partial charge in [0.2, 0.25) is 0 Å². The van der Waals surface area contributed by atoms with Gasteiger partial charge in [0.25, 0.3) is 0 Å². The van der Waals surface area contributed by atoms with Crippen LogP contribution in [0.3, 0.4) is 0 Å². The third-order valence-corrected chi connectivity index (χ3v) is 10.0. The van der Waals surface area contributed by atoms with Crippen molar-refractivity contribution in [3.8, 4) is 0 Å². The Balaban J connectivity index is 1.09. The Morgan fingerprint density at radius 1 is 1.17 bits per heavy atom. The lowest BCUT2D eigenvalue weighted by molar-refractivity contribution is 0.0194. The Morgan fingerprint density at radius 3 is 2.92 bits per heavy atom. The molecule has 4 aliphatic heterocycles. The zero-order chi connectivity index (χ0) is 24.6. The van der Waals surface area contributed by atoms with Crippen molar-refractivity contribution in [3.05, 3.63) is 42.2 Å². The zero-order valence-corrected chi connectivity index (χ0v) is 23.0. The van der Waals surface area contributed by atoms with E-state index >= 15 is 0 Å². The van der Waals surface area contributed by atoms with E-state index in [1.54, 1.807) is 0 Å². The van der Waals surface area contributed by atoms with Gasteiger partial charge in [0.1, 0.15) is 5.82 Å². The van der Waals surface area contributed by atoms with E-state index in [1.165, 1.54) is 18.7 Å². The molecule has 1 N–H and O–H groups in total. The maximum absolute atomic E-state index is 6.32. The molecule has 0 amide bonds. The largest absolute Gasteiger partial charge is 0.373 e. The third-order valence-electron chi connectivity index (χ3n) is 8.43. The lowest BCUT2D eigenvalue weighted by Crippen LogP contribution is -2.53. The fourth-order valence-electron chi connectivity index (χ4n) is 6.44. The molecule has 0 spiro atoms. The van der Waals surface area contributed by atoms with Crippen LogP contribution in [0.1, 0.15) is 25.0 Å². The number of ether oxygens (including phenoxy) is 1. The van der Waals surface area contributed by atoms with E-state index in [0.29, 0.717) is 24.0 Å². The van der Waals surface area contributed by atoms with E-state index < -0.39 is 0 Å². The number of anilines is 2. The number of hydrogen-bond donors (Lipinski definition) is 2. The van der Waals surface area contributed by atoms with Crippen molar-refractivity contribution in [1.29, 1.82) is 0 Å². The Kier molecular flexibility index (Phi) is 7.36. The maximum atomic E-state index is 6.32. The summed E-state index contributed by atoms with van der Waals surface area (Å²) in [5.41, 5.74) is 2.30. The average molecular weight is 527 g/mol. The molecule has 5 unspecified atom stereocenters. The molecule has 0 bridgehead atoms. The quantitative estimate of drug-likeness (QED) is 0.422. The number of pyridine rings is 2. The van der Waals surface area contributed by atoms with Gasteiger partial charge in [-0.3, -0.25) is 4.98 Å². The van der Waals surface area contributed by atoms with Crippen molar-refractivity contribution in [2.24, 2.45) is 5.92 Å². The van der Waals surface area contributed by atoms with Gasteiger partial charge in [-0.05, 0) is 49.4 Å². The fraction of sp³-hybridized carbons (Fsp3) is 0.630. The first-order chi connectivity index (χ1) is 17.6. The molecule has 2 aromatic heterocycles. The predicted octanol–water partition coefficient (Wildman–Crippen LogP) is 2.99. The monoisotopic (exact) mass is 526 g/mol. The average Bonchev–Trinajstić information content (AvgIpc) is 3.61. The van der Waals surface area contributed by atoms with Gasteiger partial charge >= 0.3 is 0 Å². The van der Waals surface area contributed by atoms with E-state index in [-0.39, 0.29) is 6.10 Å². The minimum Gasteiger partial charge on any atom is -0.373 e. The first-order valence-electron chi connectivity index (χ1n) is 13.3. The standard InChI is InChI=1S/C27H38N6OS2/c1-18(16-35)21-7-6-20(12-28-21)32-10-11-34-27-22(29-13-23(27)32)17-36-26-5-3-4-25(30-26)33-9-8-19-14-31(2)15-24(19)33/h3-7,12,18-19,22-24,27,29,35H,8-11,13-17H2,1-2H3/t18?,19?,22?,23?,24-,27?/m0/s1. The summed E-state index contributed by atoms with van der Waals surface area (Å²) in [4.78, 5) is 17.3. The lowest BCUT2D eigenvalue weighted by atomic mass is 10.1. The van der Waals surface area contributed by atoms with Crippen LogP contribution in [0.15, 0.2) is 41.6 Å². The van der Waals surface area contributed by atoms with Crippen molar-refractivity contribution in [3.63, 3.8) is 0 Å². The zero-order valence-electron chi connectivity index (χ0n) is 21.3. The van der Waals surface area contributed by atoms with Crippen molar-refractivity contribution < 1.29 is 4.74 Å². The van der Waals surface area contributed by atoms with E-state index in [4.69, 9.17) is 14.7 Å². The second-order valence-corrected chi connectivity index (χ2v) is 12.2. The van der Waals surface area contributed by atoms with Crippen LogP contribution in [0.2, 0.25) is 0 Å². The Hall–Kier alpha value is -1.52. The van der Waals surface area contributed by atoms with Crippen LogP contribution in [-0.4, -0.2) is 97.0 Å². The molecule has 0 aromatic carbocycles. The normalized spacial score (nSPS) is 31.0. The van der Waals surface area contributed by atoms with Gasteiger partial charge in [0.15, 0.2) is 0 Å². The highest BCUT2D eigenvalue weighted by molar-refractivity contribution is 7.99. The van der Waals surface area contributed by atoms with Crippen LogP contribution in [0.5, 0.6) is 0 Å². The molecule has 6 atom stereocenters. The van der Waals surface area contributed by atoms with Gasteiger partial charge in [-0.1, -0.05) is 13.0 Å². The lowest BCUT2D eigenvalue weighted by Gasteiger charge is -2.39. The van der Waals surface area contributed by atoms with Gasteiger partial charge in [-0.25, -0.2) is 4.98 Å². The second-order valence-electron chi connectivity index (χ2n) is 10.8. The summed E-state index contributed by atoms with van der Waals surface area (Å²) in [6.07, 6.45) is 3.49. The topological polar surface area (TPSA) is 56.8 Å². The van der Waals surface area contributed by atoms with Crippen molar-refractivity contribution in [2.75, 3.05) is 67.7 Å². The van der Waals surface area contributed by atoms with E-state index in [9.17, 15) is 0 Å². The highest BCUT2D eigenvalue weighted by Gasteiger charge is 2.43. The number of likely N-dealkylation sites (N-methyl/N-ethyl adjacent to an activating group) is 1. The minimum absolute atomic E-state index is 0.179. The number of nitrogens with one attached hydrogen (secondary N) is 1. The van der Waals surface area contributed by atoms with Crippen LogP contribution in [0, 0.1) is 5.92 Å². The molecular weight excluding hydrogens is 488 g/mol. The summed E-state index contributed by atoms with van der Waals surface area (Å²) >= 11 is 6.27. The molecule has 4 aliphatic rings. The first-order valence-corrected chi connectivity index (χ1v) is 15.0. The number of fused-ring (bicyclic) bond motifs is 2. The summed E-state index contributed by atoms with van der Waals surface area (Å²) in [5, 5.41) is 4.86. The Bertz CT molecular complexity index is 1040. The van der Waals surface area contributed by atoms with Gasteiger partial charge in [0, 0.05) is 62.2 Å². The molecule has 0 aliphatic carbocycles. The third kappa shape index (κ3) is 4.85. The van der Waals surface area contributed by atoms with Gasteiger partial charge in [-0.2, -0.15) is 12.6 Å². The smallest absolute Gasteiger partial charge is 0.130 e. The Labute approximate surface area is 224 Å². The number of thioether (sulfide) groups is 1. The van der Waals surface area contributed by atoms with Gasteiger partial charge in [-0.15, -0.1) is 11.8 Å². The number of nitrogens with zero attached hydrogens (tertiary/aromatic N) is 5. The van der Waals surface area contributed by atoms with Crippen LogP contribution in [0.4, 0.5) is 11.5 Å². The van der Waals surface area contributed by atoms with Gasteiger partial charge in [0.05, 0.1) is 35.7 Å². The van der Waals surface area contributed by atoms with E-state index in [2.05, 4.69) is 76.9 Å². The number of thiol groups is 1. The Morgan fingerprint density at radius 2 is 2.08 bits per heavy atom. The summed E-state index contributed by atoms with van der Waals surface area (Å²) in [6.45, 7) is 8.26. The van der Waals surface area contributed by atoms with Crippen LogP contribution >= 0.6 is 24.4 Å². The summed E-state index contributed by atoms with van der Waals surface area (Å²) < 4.78 is 6.32. The molecule has 194 valence electrons. The predicted molar refractivity (Wildman–Crippen MR) is 151 cm³/mol. The summed E-state index contributed by atoms with van der Waals surface area (Å²) in [5.74, 6) is 4.07. The van der Waals surface area contributed by atoms with Crippen LogP contribution in [0.25, 0.3) is 0 Å². The first kappa shape index (κ1) is 24.8.